The van der Waals surface area contributed by atoms with Crippen LogP contribution in [-0.4, -0.2) is 44.4 Å². The number of piperazine rings is 1. The van der Waals surface area contributed by atoms with Crippen LogP contribution in [0.1, 0.15) is 11.9 Å². The van der Waals surface area contributed by atoms with E-state index in [1.807, 2.05) is 12.3 Å². The minimum absolute atomic E-state index is 0.240. The van der Waals surface area contributed by atoms with Crippen molar-refractivity contribution in [1.29, 1.82) is 0 Å². The molecule has 1 aromatic heterocycles. The van der Waals surface area contributed by atoms with E-state index < -0.39 is 0 Å². The molecule has 0 aliphatic carbocycles. The predicted octanol–water partition coefficient (Wildman–Crippen LogP) is 1.69. The summed E-state index contributed by atoms with van der Waals surface area (Å²) in [6.07, 6.45) is 1.62. The number of ether oxygens (including phenoxy) is 2. The molecule has 5 nitrogen and oxygen atoms in total. The summed E-state index contributed by atoms with van der Waals surface area (Å²) < 4.78 is 11.3. The Kier molecular flexibility index (Phi) is 3.47. The number of nitrogens with one attached hydrogen (secondary N) is 1. The number of rotatable bonds is 2. The number of aromatic nitrogens is 1. The second kappa shape index (κ2) is 5.60. The Bertz CT molecular complexity index is 634. The monoisotopic (exact) mass is 285 g/mol. The van der Waals surface area contributed by atoms with Gasteiger partial charge in [-0.15, -0.1) is 0 Å². The molecule has 0 bridgehead atoms. The zero-order valence-corrected chi connectivity index (χ0v) is 11.9. The van der Waals surface area contributed by atoms with Gasteiger partial charge in [-0.3, -0.25) is 4.98 Å². The molecule has 1 N–H and O–H groups in total. The van der Waals surface area contributed by atoms with E-state index in [9.17, 15) is 0 Å². The van der Waals surface area contributed by atoms with Gasteiger partial charge >= 0.3 is 0 Å². The van der Waals surface area contributed by atoms with Gasteiger partial charge < -0.3 is 19.7 Å². The Morgan fingerprint density at radius 2 is 1.95 bits per heavy atom. The van der Waals surface area contributed by atoms with Crippen LogP contribution < -0.4 is 10.2 Å². The lowest BCUT2D eigenvalue weighted by Gasteiger charge is -2.30. The van der Waals surface area contributed by atoms with E-state index in [1.165, 1.54) is 5.69 Å². The Labute approximate surface area is 123 Å². The van der Waals surface area contributed by atoms with E-state index in [0.717, 1.165) is 42.6 Å². The molecular formula is C16H19N3O2. The highest BCUT2D eigenvalue weighted by molar-refractivity contribution is 5.91. The van der Waals surface area contributed by atoms with E-state index >= 15 is 0 Å². The SMILES string of the molecule is c1cnc2c(N3CCNCC3)cc(C3OCCO3)cc2c1. The number of nitrogens with zero attached hydrogens (tertiary/aromatic N) is 2. The molecule has 2 aromatic rings. The fourth-order valence-corrected chi connectivity index (χ4v) is 3.03. The average molecular weight is 285 g/mol. The molecule has 0 amide bonds. The van der Waals surface area contributed by atoms with Crippen molar-refractivity contribution in [3.05, 3.63) is 36.0 Å². The molecular weight excluding hydrogens is 266 g/mol. The molecule has 21 heavy (non-hydrogen) atoms. The van der Waals surface area contributed by atoms with Gasteiger partial charge in [-0.05, 0) is 18.2 Å². The summed E-state index contributed by atoms with van der Waals surface area (Å²) in [6, 6.07) is 8.39. The van der Waals surface area contributed by atoms with Crippen LogP contribution in [0.4, 0.5) is 5.69 Å². The molecule has 0 saturated carbocycles. The Morgan fingerprint density at radius 1 is 1.14 bits per heavy atom. The molecule has 5 heteroatoms. The molecule has 0 atom stereocenters. The minimum atomic E-state index is -0.240. The summed E-state index contributed by atoms with van der Waals surface area (Å²) in [5.74, 6) is 0. The lowest BCUT2D eigenvalue weighted by molar-refractivity contribution is -0.0440. The van der Waals surface area contributed by atoms with Gasteiger partial charge in [-0.2, -0.15) is 0 Å². The lowest BCUT2D eigenvalue weighted by atomic mass is 10.1. The summed E-state index contributed by atoms with van der Waals surface area (Å²) in [7, 11) is 0. The smallest absolute Gasteiger partial charge is 0.184 e. The van der Waals surface area contributed by atoms with Crippen molar-refractivity contribution in [3.63, 3.8) is 0 Å². The average Bonchev–Trinajstić information content (AvgIpc) is 3.09. The third kappa shape index (κ3) is 2.48. The summed E-state index contributed by atoms with van der Waals surface area (Å²) in [4.78, 5) is 6.97. The van der Waals surface area contributed by atoms with Crippen LogP contribution in [0, 0.1) is 0 Å². The molecule has 0 unspecified atom stereocenters. The van der Waals surface area contributed by atoms with E-state index in [4.69, 9.17) is 9.47 Å². The van der Waals surface area contributed by atoms with Gasteiger partial charge in [0.05, 0.1) is 24.4 Å². The van der Waals surface area contributed by atoms with Crippen LogP contribution in [-0.2, 0) is 9.47 Å². The highest BCUT2D eigenvalue weighted by atomic mass is 16.7. The summed E-state index contributed by atoms with van der Waals surface area (Å²) in [6.45, 7) is 5.35. The third-order valence-corrected chi connectivity index (χ3v) is 4.06. The van der Waals surface area contributed by atoms with E-state index in [-0.39, 0.29) is 6.29 Å². The van der Waals surface area contributed by atoms with Crippen molar-refractivity contribution in [3.8, 4) is 0 Å². The van der Waals surface area contributed by atoms with Crippen molar-refractivity contribution < 1.29 is 9.47 Å². The van der Waals surface area contributed by atoms with Crippen molar-refractivity contribution in [1.82, 2.24) is 10.3 Å². The largest absolute Gasteiger partial charge is 0.367 e. The van der Waals surface area contributed by atoms with E-state index in [0.29, 0.717) is 13.2 Å². The first kappa shape index (κ1) is 13.0. The van der Waals surface area contributed by atoms with Gasteiger partial charge in [0.2, 0.25) is 0 Å². The van der Waals surface area contributed by atoms with Gasteiger partial charge in [0.15, 0.2) is 6.29 Å². The van der Waals surface area contributed by atoms with Gasteiger partial charge in [-0.1, -0.05) is 6.07 Å². The van der Waals surface area contributed by atoms with Crippen LogP contribution in [0.5, 0.6) is 0 Å². The molecule has 0 radical (unpaired) electrons. The van der Waals surface area contributed by atoms with Crippen LogP contribution >= 0.6 is 0 Å². The van der Waals surface area contributed by atoms with Crippen LogP contribution in [0.25, 0.3) is 10.9 Å². The van der Waals surface area contributed by atoms with Crippen molar-refractivity contribution in [2.24, 2.45) is 0 Å². The minimum Gasteiger partial charge on any atom is -0.367 e. The van der Waals surface area contributed by atoms with Crippen LogP contribution in [0.3, 0.4) is 0 Å². The maximum atomic E-state index is 5.66. The van der Waals surface area contributed by atoms with Crippen LogP contribution in [0.2, 0.25) is 0 Å². The van der Waals surface area contributed by atoms with Crippen molar-refractivity contribution >= 4 is 16.6 Å². The molecule has 1 aromatic carbocycles. The van der Waals surface area contributed by atoms with Gasteiger partial charge in [0.25, 0.3) is 0 Å². The Balaban J connectivity index is 1.81. The number of pyridine rings is 1. The maximum Gasteiger partial charge on any atom is 0.184 e. The molecule has 110 valence electrons. The first-order valence-electron chi connectivity index (χ1n) is 7.49. The van der Waals surface area contributed by atoms with Crippen molar-refractivity contribution in [2.75, 3.05) is 44.3 Å². The molecule has 2 saturated heterocycles. The topological polar surface area (TPSA) is 46.6 Å². The second-order valence-electron chi connectivity index (χ2n) is 5.43. The quantitative estimate of drug-likeness (QED) is 0.910. The number of hydrogen-bond donors (Lipinski definition) is 1. The van der Waals surface area contributed by atoms with Crippen LogP contribution in [0.15, 0.2) is 30.5 Å². The highest BCUT2D eigenvalue weighted by Gasteiger charge is 2.22. The fraction of sp³-hybridized carbons (Fsp3) is 0.438. The first-order valence-corrected chi connectivity index (χ1v) is 7.49. The molecule has 3 heterocycles. The molecule has 2 aliphatic rings. The van der Waals surface area contributed by atoms with Gasteiger partial charge in [0, 0.05) is 43.3 Å². The Morgan fingerprint density at radius 3 is 2.76 bits per heavy atom. The van der Waals surface area contributed by atoms with E-state index in [2.05, 4.69) is 33.4 Å². The van der Waals surface area contributed by atoms with Gasteiger partial charge in [0.1, 0.15) is 0 Å². The summed E-state index contributed by atoms with van der Waals surface area (Å²) in [5.41, 5.74) is 3.33. The lowest BCUT2D eigenvalue weighted by Crippen LogP contribution is -2.43. The number of benzene rings is 1. The number of anilines is 1. The van der Waals surface area contributed by atoms with E-state index in [1.54, 1.807) is 0 Å². The Hall–Kier alpha value is -1.69. The summed E-state index contributed by atoms with van der Waals surface area (Å²) in [5, 5.41) is 4.53. The van der Waals surface area contributed by atoms with Crippen molar-refractivity contribution in [2.45, 2.75) is 6.29 Å². The second-order valence-corrected chi connectivity index (χ2v) is 5.43. The standard InChI is InChI=1S/C16H19N3O2/c1-2-12-10-13(16-20-8-9-21-16)11-14(15(12)18-3-1)19-6-4-17-5-7-19/h1-3,10-11,16-17H,4-9H2. The predicted molar refractivity (Wildman–Crippen MR) is 81.5 cm³/mol. The maximum absolute atomic E-state index is 5.66. The number of fused-ring (bicyclic) bond motifs is 1. The zero-order valence-electron chi connectivity index (χ0n) is 11.9. The molecule has 2 fully saturated rings. The first-order chi connectivity index (χ1) is 10.4. The number of hydrogen-bond acceptors (Lipinski definition) is 5. The molecule has 4 rings (SSSR count). The normalized spacial score (nSPS) is 20.3. The summed E-state index contributed by atoms with van der Waals surface area (Å²) >= 11 is 0. The highest BCUT2D eigenvalue weighted by Crippen LogP contribution is 2.32. The zero-order chi connectivity index (χ0) is 14.1. The molecule has 0 spiro atoms. The van der Waals surface area contributed by atoms with Gasteiger partial charge in [-0.25, -0.2) is 0 Å². The fourth-order valence-electron chi connectivity index (χ4n) is 3.03. The molecule has 2 aliphatic heterocycles. The third-order valence-electron chi connectivity index (χ3n) is 4.06.